The van der Waals surface area contributed by atoms with Gasteiger partial charge in [-0.05, 0) is 33.6 Å². The smallest absolute Gasteiger partial charge is 0.238 e. The summed E-state index contributed by atoms with van der Waals surface area (Å²) >= 11 is 1.43. The largest absolute Gasteiger partial charge is 0.310 e. The van der Waals surface area contributed by atoms with Crippen LogP contribution in [0.25, 0.3) is 0 Å². The topological polar surface area (TPSA) is 77.6 Å². The number of thioether (sulfide) groups is 1. The van der Waals surface area contributed by atoms with E-state index < -0.39 is 0 Å². The van der Waals surface area contributed by atoms with Crippen molar-refractivity contribution in [3.8, 4) is 0 Å². The number of anilines is 1. The molecule has 0 radical (unpaired) electrons. The Balaban J connectivity index is 1.64. The molecule has 0 bridgehead atoms. The molecule has 0 spiro atoms. The number of aromatic nitrogens is 5. The van der Waals surface area contributed by atoms with E-state index in [2.05, 4.69) is 20.6 Å². The molecule has 2 aromatic rings. The summed E-state index contributed by atoms with van der Waals surface area (Å²) < 4.78 is 3.80. The first kappa shape index (κ1) is 16.0. The van der Waals surface area contributed by atoms with Gasteiger partial charge in [0, 0.05) is 25.1 Å². The van der Waals surface area contributed by atoms with Gasteiger partial charge in [-0.1, -0.05) is 11.8 Å². The van der Waals surface area contributed by atoms with E-state index in [0.29, 0.717) is 11.7 Å². The van der Waals surface area contributed by atoms with Crippen molar-refractivity contribution in [3.63, 3.8) is 0 Å². The summed E-state index contributed by atoms with van der Waals surface area (Å²) in [6.45, 7) is 5.93. The molecule has 0 aliphatic heterocycles. The van der Waals surface area contributed by atoms with Crippen LogP contribution in [0.4, 0.5) is 5.82 Å². The van der Waals surface area contributed by atoms with Gasteiger partial charge in [-0.2, -0.15) is 5.10 Å². The summed E-state index contributed by atoms with van der Waals surface area (Å²) in [5.74, 6) is 2.23. The molecule has 1 aliphatic rings. The Morgan fingerprint density at radius 1 is 1.35 bits per heavy atom. The Morgan fingerprint density at radius 2 is 2.09 bits per heavy atom. The Morgan fingerprint density at radius 3 is 2.74 bits per heavy atom. The van der Waals surface area contributed by atoms with Gasteiger partial charge in [0.25, 0.3) is 0 Å². The van der Waals surface area contributed by atoms with Crippen LogP contribution in [0, 0.1) is 0 Å². The van der Waals surface area contributed by atoms with Crippen LogP contribution in [-0.4, -0.2) is 35.7 Å². The lowest BCUT2D eigenvalue weighted by Gasteiger charge is -2.14. The lowest BCUT2D eigenvalue weighted by molar-refractivity contribution is -0.115. The van der Waals surface area contributed by atoms with E-state index in [1.54, 1.807) is 10.9 Å². The maximum absolute atomic E-state index is 12.4. The Bertz CT molecular complexity index is 703. The molecule has 1 saturated carbocycles. The molecule has 1 aliphatic carbocycles. The van der Waals surface area contributed by atoms with Crippen LogP contribution < -0.4 is 5.32 Å². The van der Waals surface area contributed by atoms with Gasteiger partial charge in [0.15, 0.2) is 5.16 Å². The van der Waals surface area contributed by atoms with Crippen LogP contribution in [0.3, 0.4) is 0 Å². The van der Waals surface area contributed by atoms with Crippen LogP contribution in [0.5, 0.6) is 0 Å². The van der Waals surface area contributed by atoms with E-state index in [1.807, 2.05) is 38.5 Å². The van der Waals surface area contributed by atoms with E-state index in [1.165, 1.54) is 24.6 Å². The van der Waals surface area contributed by atoms with Crippen molar-refractivity contribution in [3.05, 3.63) is 18.1 Å². The highest BCUT2D eigenvalue weighted by Gasteiger charge is 2.30. The average molecular weight is 334 g/mol. The van der Waals surface area contributed by atoms with Crippen LogP contribution in [0.15, 0.2) is 17.4 Å². The zero-order valence-corrected chi connectivity index (χ0v) is 14.7. The maximum atomic E-state index is 12.4. The number of carbonyl (C=O) groups excluding carboxylic acids is 1. The van der Waals surface area contributed by atoms with Gasteiger partial charge < -0.3 is 9.88 Å². The fraction of sp³-hybridized carbons (Fsp3) is 0.600. The SMILES string of the molecule is CC(Sc1nnc(C2CC2)n1C)C(=O)Nc1ccnn1C(C)C. The molecular weight excluding hydrogens is 312 g/mol. The van der Waals surface area contributed by atoms with Crippen molar-refractivity contribution in [1.29, 1.82) is 0 Å². The second-order valence-corrected chi connectivity index (χ2v) is 7.49. The number of nitrogens with one attached hydrogen (secondary N) is 1. The van der Waals surface area contributed by atoms with E-state index >= 15 is 0 Å². The molecule has 0 aromatic carbocycles. The van der Waals surface area contributed by atoms with Crippen molar-refractivity contribution in [2.45, 2.75) is 56.0 Å². The normalized spacial score (nSPS) is 15.9. The summed E-state index contributed by atoms with van der Waals surface area (Å²) in [6, 6.07) is 2.01. The van der Waals surface area contributed by atoms with Crippen LogP contribution in [0.1, 0.15) is 51.4 Å². The second-order valence-electron chi connectivity index (χ2n) is 6.18. The summed E-state index contributed by atoms with van der Waals surface area (Å²) in [5.41, 5.74) is 0. The molecule has 1 N–H and O–H groups in total. The van der Waals surface area contributed by atoms with Gasteiger partial charge in [-0.3, -0.25) is 4.79 Å². The fourth-order valence-corrected chi connectivity index (χ4v) is 3.21. The highest BCUT2D eigenvalue weighted by molar-refractivity contribution is 8.00. The number of carbonyl (C=O) groups is 1. The Labute approximate surface area is 139 Å². The van der Waals surface area contributed by atoms with Gasteiger partial charge in [-0.15, -0.1) is 10.2 Å². The lowest BCUT2D eigenvalue weighted by Crippen LogP contribution is -2.25. The molecule has 7 nitrogen and oxygen atoms in total. The molecule has 2 aromatic heterocycles. The molecule has 2 heterocycles. The molecule has 3 rings (SSSR count). The van der Waals surface area contributed by atoms with Crippen LogP contribution in [-0.2, 0) is 11.8 Å². The van der Waals surface area contributed by atoms with Crippen LogP contribution >= 0.6 is 11.8 Å². The lowest BCUT2D eigenvalue weighted by atomic mass is 10.4. The first-order valence-corrected chi connectivity index (χ1v) is 8.75. The minimum absolute atomic E-state index is 0.0617. The number of nitrogens with zero attached hydrogens (tertiary/aromatic N) is 5. The third kappa shape index (κ3) is 3.41. The number of hydrogen-bond donors (Lipinski definition) is 1. The van der Waals surface area contributed by atoms with Crippen molar-refractivity contribution < 1.29 is 4.79 Å². The summed E-state index contributed by atoms with van der Waals surface area (Å²) in [7, 11) is 1.97. The van der Waals surface area contributed by atoms with Crippen molar-refractivity contribution >= 4 is 23.5 Å². The molecule has 1 unspecified atom stereocenters. The molecular formula is C15H22N6OS. The van der Waals surface area contributed by atoms with Gasteiger partial charge in [-0.25, -0.2) is 4.68 Å². The predicted molar refractivity (Wildman–Crippen MR) is 89.5 cm³/mol. The average Bonchev–Trinajstić information content (AvgIpc) is 3.13. The standard InChI is InChI=1S/C15H22N6OS/c1-9(2)21-12(7-8-16-21)17-14(22)10(3)23-15-19-18-13(20(15)4)11-5-6-11/h7-11H,5-6H2,1-4H3,(H,17,22). The first-order valence-electron chi connectivity index (χ1n) is 7.87. The van der Waals surface area contributed by atoms with E-state index in [4.69, 9.17) is 0 Å². The zero-order chi connectivity index (χ0) is 16.6. The van der Waals surface area contributed by atoms with Crippen LogP contribution in [0.2, 0.25) is 0 Å². The molecule has 23 heavy (non-hydrogen) atoms. The van der Waals surface area contributed by atoms with Gasteiger partial charge in [0.1, 0.15) is 11.6 Å². The summed E-state index contributed by atoms with van der Waals surface area (Å²) in [4.78, 5) is 12.4. The van der Waals surface area contributed by atoms with E-state index in [9.17, 15) is 4.79 Å². The van der Waals surface area contributed by atoms with Gasteiger partial charge in [0.2, 0.25) is 5.91 Å². The van der Waals surface area contributed by atoms with Crippen molar-refractivity contribution in [2.24, 2.45) is 7.05 Å². The highest BCUT2D eigenvalue weighted by atomic mass is 32.2. The monoisotopic (exact) mass is 334 g/mol. The van der Waals surface area contributed by atoms with Crippen molar-refractivity contribution in [2.75, 3.05) is 5.32 Å². The Kier molecular flexibility index (Phi) is 4.43. The van der Waals surface area contributed by atoms with Gasteiger partial charge in [0.05, 0.1) is 11.4 Å². The quantitative estimate of drug-likeness (QED) is 0.822. The van der Waals surface area contributed by atoms with Gasteiger partial charge >= 0.3 is 0 Å². The molecule has 124 valence electrons. The summed E-state index contributed by atoms with van der Waals surface area (Å²) in [5, 5.41) is 16.2. The minimum atomic E-state index is -0.263. The molecule has 1 atom stereocenters. The Hall–Kier alpha value is -1.83. The van der Waals surface area contributed by atoms with E-state index in [0.717, 1.165) is 11.0 Å². The molecule has 1 fully saturated rings. The number of hydrogen-bond acceptors (Lipinski definition) is 5. The third-order valence-electron chi connectivity index (χ3n) is 3.87. The highest BCUT2D eigenvalue weighted by Crippen LogP contribution is 2.39. The molecule has 8 heteroatoms. The van der Waals surface area contributed by atoms with E-state index in [-0.39, 0.29) is 17.2 Å². The zero-order valence-electron chi connectivity index (χ0n) is 13.9. The minimum Gasteiger partial charge on any atom is -0.310 e. The number of amides is 1. The van der Waals surface area contributed by atoms with Crippen molar-refractivity contribution in [1.82, 2.24) is 24.5 Å². The first-order chi connectivity index (χ1) is 11.0. The predicted octanol–water partition coefficient (Wildman–Crippen LogP) is 2.59. The third-order valence-corrected chi connectivity index (χ3v) is 5.01. The summed E-state index contributed by atoms with van der Waals surface area (Å²) in [6.07, 6.45) is 4.07. The fourth-order valence-electron chi connectivity index (χ4n) is 2.39. The molecule has 1 amide bonds. The number of rotatable bonds is 6. The second kappa shape index (κ2) is 6.35. The molecule has 0 saturated heterocycles. The maximum Gasteiger partial charge on any atom is 0.238 e.